The topological polar surface area (TPSA) is 55.9 Å². The number of halogens is 1. The molecular formula is C24H31FN4O2. The van der Waals surface area contributed by atoms with E-state index in [1.807, 2.05) is 38.1 Å². The third kappa shape index (κ3) is 5.82. The van der Waals surface area contributed by atoms with Crippen molar-refractivity contribution in [2.75, 3.05) is 50.0 Å². The lowest BCUT2D eigenvalue weighted by Gasteiger charge is -2.39. The van der Waals surface area contributed by atoms with E-state index in [1.54, 1.807) is 19.2 Å². The molecule has 0 radical (unpaired) electrons. The van der Waals surface area contributed by atoms with Crippen molar-refractivity contribution in [2.24, 2.45) is 0 Å². The van der Waals surface area contributed by atoms with Crippen molar-refractivity contribution < 1.29 is 14.0 Å². The zero-order valence-corrected chi connectivity index (χ0v) is 18.5. The van der Waals surface area contributed by atoms with Crippen LogP contribution < -0.4 is 10.2 Å². The predicted molar refractivity (Wildman–Crippen MR) is 122 cm³/mol. The summed E-state index contributed by atoms with van der Waals surface area (Å²) in [5.41, 5.74) is 2.85. The van der Waals surface area contributed by atoms with Gasteiger partial charge in [0.1, 0.15) is 5.82 Å². The van der Waals surface area contributed by atoms with Gasteiger partial charge in [-0.1, -0.05) is 25.1 Å². The number of hydrogen-bond acceptors (Lipinski definition) is 4. The largest absolute Gasteiger partial charge is 0.369 e. The monoisotopic (exact) mass is 426 g/mol. The van der Waals surface area contributed by atoms with Gasteiger partial charge >= 0.3 is 0 Å². The Morgan fingerprint density at radius 3 is 2.35 bits per heavy atom. The van der Waals surface area contributed by atoms with Crippen LogP contribution in [0.3, 0.4) is 0 Å². The normalized spacial score (nSPS) is 15.4. The molecule has 2 aromatic carbocycles. The van der Waals surface area contributed by atoms with E-state index < -0.39 is 0 Å². The summed E-state index contributed by atoms with van der Waals surface area (Å²) in [6.45, 7) is 6.93. The van der Waals surface area contributed by atoms with Gasteiger partial charge in [-0.05, 0) is 49.2 Å². The van der Waals surface area contributed by atoms with Crippen LogP contribution in [0.2, 0.25) is 0 Å². The summed E-state index contributed by atoms with van der Waals surface area (Å²) < 4.78 is 13.1. The van der Waals surface area contributed by atoms with E-state index in [0.717, 1.165) is 49.5 Å². The zero-order chi connectivity index (χ0) is 22.4. The molecule has 1 unspecified atom stereocenters. The number of aryl methyl sites for hydroxylation is 1. The molecule has 6 nitrogen and oxygen atoms in total. The number of amides is 2. The molecular weight excluding hydrogens is 395 g/mol. The number of hydrogen-bond donors (Lipinski definition) is 1. The van der Waals surface area contributed by atoms with Crippen molar-refractivity contribution in [3.8, 4) is 0 Å². The van der Waals surface area contributed by atoms with Gasteiger partial charge in [-0.15, -0.1) is 0 Å². The molecule has 166 valence electrons. The molecule has 2 amide bonds. The highest BCUT2D eigenvalue weighted by atomic mass is 19.1. The Kier molecular flexibility index (Phi) is 7.63. The molecule has 7 heteroatoms. The molecule has 31 heavy (non-hydrogen) atoms. The Bertz CT molecular complexity index is 895. The van der Waals surface area contributed by atoms with Crippen LogP contribution in [-0.2, 0) is 16.0 Å². The summed E-state index contributed by atoms with van der Waals surface area (Å²) >= 11 is 0. The summed E-state index contributed by atoms with van der Waals surface area (Å²) in [6.07, 6.45) is 0.826. The van der Waals surface area contributed by atoms with E-state index in [0.29, 0.717) is 0 Å². The first kappa shape index (κ1) is 22.7. The average Bonchev–Trinajstić information content (AvgIpc) is 2.79. The second-order valence-electron chi connectivity index (χ2n) is 7.93. The van der Waals surface area contributed by atoms with Gasteiger partial charge in [-0.2, -0.15) is 0 Å². The number of piperazine rings is 1. The lowest BCUT2D eigenvalue weighted by molar-refractivity contribution is -0.137. The first-order valence-corrected chi connectivity index (χ1v) is 10.8. The molecule has 1 saturated heterocycles. The highest BCUT2D eigenvalue weighted by molar-refractivity contribution is 5.95. The molecule has 0 aliphatic carbocycles. The SMILES string of the molecule is CCc1ccccc1NC(=O)CN(C)C(=O)C(C)N1CCN(c2ccc(F)cc2)CC1. The summed E-state index contributed by atoms with van der Waals surface area (Å²) in [6, 6.07) is 13.9. The Labute approximate surface area is 183 Å². The minimum absolute atomic E-state index is 0.0107. The summed E-state index contributed by atoms with van der Waals surface area (Å²) in [5.74, 6) is -0.522. The van der Waals surface area contributed by atoms with E-state index in [9.17, 15) is 14.0 Å². The second kappa shape index (κ2) is 10.4. The van der Waals surface area contributed by atoms with Crippen molar-refractivity contribution in [3.63, 3.8) is 0 Å². The molecule has 1 fully saturated rings. The number of carbonyl (C=O) groups excluding carboxylic acids is 2. The van der Waals surface area contributed by atoms with Crippen molar-refractivity contribution >= 4 is 23.2 Å². The highest BCUT2D eigenvalue weighted by Crippen LogP contribution is 2.18. The second-order valence-corrected chi connectivity index (χ2v) is 7.93. The molecule has 0 bridgehead atoms. The molecule has 1 aliphatic rings. The minimum atomic E-state index is -0.309. The van der Waals surface area contributed by atoms with Gasteiger partial charge in [-0.3, -0.25) is 14.5 Å². The van der Waals surface area contributed by atoms with E-state index in [2.05, 4.69) is 15.1 Å². The van der Waals surface area contributed by atoms with Crippen LogP contribution >= 0.6 is 0 Å². The number of para-hydroxylation sites is 1. The van der Waals surface area contributed by atoms with E-state index in [1.165, 1.54) is 17.0 Å². The Morgan fingerprint density at radius 1 is 1.06 bits per heavy atom. The fraction of sp³-hybridized carbons (Fsp3) is 0.417. The van der Waals surface area contributed by atoms with Gasteiger partial charge in [-0.25, -0.2) is 4.39 Å². The summed E-state index contributed by atoms with van der Waals surface area (Å²) in [7, 11) is 1.67. The molecule has 3 rings (SSSR count). The van der Waals surface area contributed by atoms with Gasteiger partial charge < -0.3 is 15.1 Å². The van der Waals surface area contributed by atoms with Crippen LogP contribution in [0.1, 0.15) is 19.4 Å². The van der Waals surface area contributed by atoms with Crippen molar-refractivity contribution in [1.29, 1.82) is 0 Å². The highest BCUT2D eigenvalue weighted by Gasteiger charge is 2.28. The van der Waals surface area contributed by atoms with E-state index in [4.69, 9.17) is 0 Å². The third-order valence-corrected chi connectivity index (χ3v) is 5.84. The molecule has 1 heterocycles. The quantitative estimate of drug-likeness (QED) is 0.740. The van der Waals surface area contributed by atoms with Gasteiger partial charge in [0.25, 0.3) is 0 Å². The number of carbonyl (C=O) groups is 2. The van der Waals surface area contributed by atoms with Crippen molar-refractivity contribution in [2.45, 2.75) is 26.3 Å². The summed E-state index contributed by atoms with van der Waals surface area (Å²) in [4.78, 5) is 31.2. The molecule has 1 atom stereocenters. The average molecular weight is 427 g/mol. The lowest BCUT2D eigenvalue weighted by Crippen LogP contribution is -2.54. The summed E-state index contributed by atoms with van der Waals surface area (Å²) in [5, 5.41) is 2.91. The fourth-order valence-electron chi connectivity index (χ4n) is 3.93. The lowest BCUT2D eigenvalue weighted by atomic mass is 10.1. The molecule has 0 aromatic heterocycles. The Morgan fingerprint density at radius 2 is 1.71 bits per heavy atom. The number of nitrogens with one attached hydrogen (secondary N) is 1. The van der Waals surface area contributed by atoms with Crippen molar-refractivity contribution in [1.82, 2.24) is 9.80 Å². The van der Waals surface area contributed by atoms with Crippen molar-refractivity contribution in [3.05, 3.63) is 59.9 Å². The van der Waals surface area contributed by atoms with Gasteiger partial charge in [0, 0.05) is 44.6 Å². The fourth-order valence-corrected chi connectivity index (χ4v) is 3.93. The van der Waals surface area contributed by atoms with Crippen LogP contribution in [0, 0.1) is 5.82 Å². The maximum atomic E-state index is 13.1. The van der Waals surface area contributed by atoms with Crippen LogP contribution in [0.15, 0.2) is 48.5 Å². The van der Waals surface area contributed by atoms with Crippen LogP contribution in [0.4, 0.5) is 15.8 Å². The van der Waals surface area contributed by atoms with E-state index >= 15 is 0 Å². The predicted octanol–water partition coefficient (Wildman–Crippen LogP) is 3.00. The first-order valence-electron chi connectivity index (χ1n) is 10.8. The van der Waals surface area contributed by atoms with Crippen LogP contribution in [-0.4, -0.2) is 67.4 Å². The van der Waals surface area contributed by atoms with Gasteiger partial charge in [0.2, 0.25) is 11.8 Å². The maximum absolute atomic E-state index is 13.1. The zero-order valence-electron chi connectivity index (χ0n) is 18.5. The number of rotatable bonds is 7. The van der Waals surface area contributed by atoms with Crippen LogP contribution in [0.5, 0.6) is 0 Å². The van der Waals surface area contributed by atoms with Gasteiger partial charge in [0.05, 0.1) is 12.6 Å². The molecule has 1 N–H and O–H groups in total. The van der Waals surface area contributed by atoms with Crippen LogP contribution in [0.25, 0.3) is 0 Å². The molecule has 1 aliphatic heterocycles. The minimum Gasteiger partial charge on any atom is -0.369 e. The molecule has 0 spiro atoms. The number of nitrogens with zero attached hydrogens (tertiary/aromatic N) is 3. The number of anilines is 2. The standard InChI is InChI=1S/C24H31FN4O2/c1-4-19-7-5-6-8-22(19)26-23(30)17-27(3)24(31)18(2)28-13-15-29(16-14-28)21-11-9-20(25)10-12-21/h5-12,18H,4,13-17H2,1-3H3,(H,26,30). The maximum Gasteiger partial charge on any atom is 0.243 e. The Balaban J connectivity index is 1.50. The van der Waals surface area contributed by atoms with Gasteiger partial charge in [0.15, 0.2) is 0 Å². The Hall–Kier alpha value is -2.93. The molecule has 2 aromatic rings. The smallest absolute Gasteiger partial charge is 0.243 e. The molecule has 0 saturated carbocycles. The van der Waals surface area contributed by atoms with E-state index in [-0.39, 0.29) is 30.2 Å². The first-order chi connectivity index (χ1) is 14.9. The third-order valence-electron chi connectivity index (χ3n) is 5.84. The number of likely N-dealkylation sites (N-methyl/N-ethyl adjacent to an activating group) is 1. The number of benzene rings is 2.